The van der Waals surface area contributed by atoms with Crippen LogP contribution in [-0.4, -0.2) is 27.6 Å². The summed E-state index contributed by atoms with van der Waals surface area (Å²) in [5, 5.41) is 17.9. The lowest BCUT2D eigenvalue weighted by Gasteiger charge is -2.15. The molecule has 1 heterocycles. The highest BCUT2D eigenvalue weighted by Gasteiger charge is 2.23. The molecule has 0 aliphatic carbocycles. The van der Waals surface area contributed by atoms with Crippen LogP contribution in [0.2, 0.25) is 0 Å². The van der Waals surface area contributed by atoms with Crippen LogP contribution in [0.15, 0.2) is 89.5 Å². The zero-order valence-corrected chi connectivity index (χ0v) is 18.2. The first-order chi connectivity index (χ1) is 16.6. The van der Waals surface area contributed by atoms with E-state index in [1.807, 2.05) is 60.7 Å². The second-order valence-electron chi connectivity index (χ2n) is 7.55. The molecule has 0 unspecified atom stereocenters. The zero-order valence-electron chi connectivity index (χ0n) is 18.2. The number of nitro benzene ring substituents is 1. The molecule has 4 rings (SSSR count). The Kier molecular flexibility index (Phi) is 7.36. The van der Waals surface area contributed by atoms with Crippen molar-refractivity contribution in [2.24, 2.45) is 0 Å². The van der Waals surface area contributed by atoms with Crippen LogP contribution in [0.5, 0.6) is 0 Å². The van der Waals surface area contributed by atoms with E-state index < -0.39 is 11.0 Å². The Labute approximate surface area is 195 Å². The van der Waals surface area contributed by atoms with Crippen molar-refractivity contribution in [1.82, 2.24) is 15.5 Å². The molecule has 0 fully saturated rings. The Morgan fingerprint density at radius 1 is 1.00 bits per heavy atom. The van der Waals surface area contributed by atoms with Crippen LogP contribution < -0.4 is 5.32 Å². The molecule has 0 radical (unpaired) electrons. The molecule has 0 saturated carbocycles. The summed E-state index contributed by atoms with van der Waals surface area (Å²) in [6.07, 6.45) is 0.418. The van der Waals surface area contributed by atoms with Crippen molar-refractivity contribution in [2.45, 2.75) is 19.1 Å². The topological polar surface area (TPSA) is 120 Å². The van der Waals surface area contributed by atoms with Crippen molar-refractivity contribution in [2.75, 3.05) is 6.61 Å². The van der Waals surface area contributed by atoms with E-state index in [2.05, 4.69) is 15.5 Å². The number of nitrogens with zero attached hydrogens (tertiary/aromatic N) is 3. The van der Waals surface area contributed by atoms with Crippen LogP contribution in [-0.2, 0) is 22.6 Å². The summed E-state index contributed by atoms with van der Waals surface area (Å²) in [6.45, 7) is 0.182. The SMILES string of the molecule is O=C(COCc1ccccc1)N[C@@H](Cc1ccccc1)c1nc(-c2cccc([N+](=O)[O-])c2)no1. The standard InChI is InChI=1S/C25H22N4O5/c30-23(17-33-16-19-10-5-2-6-11-19)26-22(14-18-8-3-1-4-9-18)25-27-24(28-34-25)20-12-7-13-21(15-20)29(31)32/h1-13,15,22H,14,16-17H2,(H,26,30)/t22-/m0/s1. The van der Waals surface area contributed by atoms with Crippen LogP contribution >= 0.6 is 0 Å². The number of hydrogen-bond donors (Lipinski definition) is 1. The molecule has 0 bridgehead atoms. The molecule has 172 valence electrons. The summed E-state index contributed by atoms with van der Waals surface area (Å²) >= 11 is 0. The highest BCUT2D eigenvalue weighted by atomic mass is 16.6. The normalized spacial score (nSPS) is 11.6. The van der Waals surface area contributed by atoms with Gasteiger partial charge >= 0.3 is 0 Å². The van der Waals surface area contributed by atoms with E-state index in [1.54, 1.807) is 12.1 Å². The molecule has 0 aliphatic heterocycles. The predicted molar refractivity (Wildman–Crippen MR) is 124 cm³/mol. The van der Waals surface area contributed by atoms with Gasteiger partial charge in [-0.05, 0) is 11.1 Å². The number of carbonyl (C=O) groups is 1. The molecule has 3 aromatic carbocycles. The third-order valence-electron chi connectivity index (χ3n) is 5.02. The summed E-state index contributed by atoms with van der Waals surface area (Å²) in [6, 6.07) is 24.5. The third kappa shape index (κ3) is 6.11. The van der Waals surface area contributed by atoms with Gasteiger partial charge in [0.15, 0.2) is 0 Å². The lowest BCUT2D eigenvalue weighted by Crippen LogP contribution is -2.33. The summed E-state index contributed by atoms with van der Waals surface area (Å²) in [5.74, 6) is 0.0695. The average molecular weight is 458 g/mol. The van der Waals surface area contributed by atoms with Gasteiger partial charge in [-0.2, -0.15) is 4.98 Å². The van der Waals surface area contributed by atoms with E-state index in [4.69, 9.17) is 9.26 Å². The molecule has 1 N–H and O–H groups in total. The summed E-state index contributed by atoms with van der Waals surface area (Å²) in [5.41, 5.74) is 2.30. The molecule has 34 heavy (non-hydrogen) atoms. The Hall–Kier alpha value is -4.37. The average Bonchev–Trinajstić information content (AvgIpc) is 3.35. The van der Waals surface area contributed by atoms with Gasteiger partial charge in [0.1, 0.15) is 12.6 Å². The maximum absolute atomic E-state index is 12.6. The Morgan fingerprint density at radius 2 is 1.71 bits per heavy atom. The smallest absolute Gasteiger partial charge is 0.270 e. The van der Waals surface area contributed by atoms with E-state index in [1.165, 1.54) is 12.1 Å². The van der Waals surface area contributed by atoms with Crippen molar-refractivity contribution in [1.29, 1.82) is 0 Å². The van der Waals surface area contributed by atoms with Gasteiger partial charge in [0.2, 0.25) is 17.6 Å². The number of carbonyl (C=O) groups excluding carboxylic acids is 1. The molecule has 0 spiro atoms. The minimum Gasteiger partial charge on any atom is -0.367 e. The summed E-state index contributed by atoms with van der Waals surface area (Å²) < 4.78 is 11.0. The molecule has 1 amide bonds. The monoisotopic (exact) mass is 458 g/mol. The van der Waals surface area contributed by atoms with Crippen LogP contribution in [0.3, 0.4) is 0 Å². The van der Waals surface area contributed by atoms with Crippen molar-refractivity contribution < 1.29 is 19.0 Å². The van der Waals surface area contributed by atoms with Gasteiger partial charge in [-0.3, -0.25) is 14.9 Å². The van der Waals surface area contributed by atoms with Crippen molar-refractivity contribution in [3.63, 3.8) is 0 Å². The predicted octanol–water partition coefficient (Wildman–Crippen LogP) is 4.26. The van der Waals surface area contributed by atoms with Gasteiger partial charge in [-0.1, -0.05) is 78.0 Å². The number of aromatic nitrogens is 2. The van der Waals surface area contributed by atoms with Crippen LogP contribution in [0.4, 0.5) is 5.69 Å². The summed E-state index contributed by atoms with van der Waals surface area (Å²) in [7, 11) is 0. The Balaban J connectivity index is 1.48. The molecule has 4 aromatic rings. The zero-order chi connectivity index (χ0) is 23.8. The van der Waals surface area contributed by atoms with Crippen LogP contribution in [0.25, 0.3) is 11.4 Å². The molecular formula is C25H22N4O5. The van der Waals surface area contributed by atoms with Crippen molar-refractivity contribution in [3.8, 4) is 11.4 Å². The highest BCUT2D eigenvalue weighted by Crippen LogP contribution is 2.24. The van der Waals surface area contributed by atoms with Crippen molar-refractivity contribution >= 4 is 11.6 Å². The molecule has 0 aliphatic rings. The first-order valence-electron chi connectivity index (χ1n) is 10.6. The highest BCUT2D eigenvalue weighted by molar-refractivity contribution is 5.77. The molecule has 9 nitrogen and oxygen atoms in total. The number of rotatable bonds is 10. The number of nitrogens with one attached hydrogen (secondary N) is 1. The second kappa shape index (κ2) is 11.0. The van der Waals surface area contributed by atoms with E-state index in [0.717, 1.165) is 11.1 Å². The minimum atomic E-state index is -0.602. The third-order valence-corrected chi connectivity index (χ3v) is 5.02. The fourth-order valence-electron chi connectivity index (χ4n) is 3.37. The Morgan fingerprint density at radius 3 is 2.41 bits per heavy atom. The number of non-ortho nitro benzene ring substituents is 1. The fraction of sp³-hybridized carbons (Fsp3) is 0.160. The van der Waals surface area contributed by atoms with Gasteiger partial charge in [0.25, 0.3) is 5.69 Å². The largest absolute Gasteiger partial charge is 0.367 e. The maximum atomic E-state index is 12.6. The van der Waals surface area contributed by atoms with Gasteiger partial charge in [0, 0.05) is 24.1 Å². The molecular weight excluding hydrogens is 436 g/mol. The lowest BCUT2D eigenvalue weighted by atomic mass is 10.1. The second-order valence-corrected chi connectivity index (χ2v) is 7.55. The van der Waals surface area contributed by atoms with Crippen LogP contribution in [0, 0.1) is 10.1 Å². The molecule has 1 aromatic heterocycles. The number of hydrogen-bond acceptors (Lipinski definition) is 7. The minimum absolute atomic E-state index is 0.0754. The molecule has 9 heteroatoms. The van der Waals surface area contributed by atoms with E-state index >= 15 is 0 Å². The van der Waals surface area contributed by atoms with E-state index in [9.17, 15) is 14.9 Å². The number of ether oxygens (including phenoxy) is 1. The molecule has 0 saturated heterocycles. The first-order valence-corrected chi connectivity index (χ1v) is 10.6. The van der Waals surface area contributed by atoms with Gasteiger partial charge in [-0.25, -0.2) is 0 Å². The van der Waals surface area contributed by atoms with Gasteiger partial charge in [-0.15, -0.1) is 0 Å². The number of nitro groups is 1. The quantitative estimate of drug-likeness (QED) is 0.278. The lowest BCUT2D eigenvalue weighted by molar-refractivity contribution is -0.384. The maximum Gasteiger partial charge on any atom is 0.270 e. The van der Waals surface area contributed by atoms with Crippen LogP contribution in [0.1, 0.15) is 23.1 Å². The molecule has 1 atom stereocenters. The first kappa shape index (κ1) is 22.8. The number of benzene rings is 3. The summed E-state index contributed by atoms with van der Waals surface area (Å²) in [4.78, 5) is 27.6. The van der Waals surface area contributed by atoms with E-state index in [-0.39, 0.29) is 29.9 Å². The fourth-order valence-corrected chi connectivity index (χ4v) is 3.37. The van der Waals surface area contributed by atoms with Gasteiger partial charge < -0.3 is 14.6 Å². The van der Waals surface area contributed by atoms with E-state index in [0.29, 0.717) is 18.6 Å². The van der Waals surface area contributed by atoms with Crippen molar-refractivity contribution in [3.05, 3.63) is 112 Å². The number of amides is 1. The van der Waals surface area contributed by atoms with Gasteiger partial charge in [0.05, 0.1) is 11.5 Å². The Bertz CT molecular complexity index is 1240.